The molecule has 30 heavy (non-hydrogen) atoms. The van der Waals surface area contributed by atoms with Crippen LogP contribution in [0.25, 0.3) is 16.5 Å². The average Bonchev–Trinajstić information content (AvgIpc) is 3.40. The molecular weight excluding hydrogens is 464 g/mol. The summed E-state index contributed by atoms with van der Waals surface area (Å²) in [5, 5.41) is 15.7. The Hall–Kier alpha value is -2.16. The molecule has 0 amide bonds. The first-order valence-corrected chi connectivity index (χ1v) is 11.7. The Bertz CT molecular complexity index is 1160. The van der Waals surface area contributed by atoms with E-state index >= 15 is 0 Å². The van der Waals surface area contributed by atoms with E-state index in [1.807, 2.05) is 18.2 Å². The number of fused-ring (bicyclic) bond motifs is 1. The normalized spacial score (nSPS) is 21.3. The SMILES string of the molecule is C[C@@H]1C[C@@H](C)CN([C@H](c2cccc(Br)c2)c2sc3nc(-c4ccco4)nn3c2O)C1. The molecule has 1 aliphatic heterocycles. The Morgan fingerprint density at radius 3 is 2.67 bits per heavy atom. The second-order valence-electron chi connectivity index (χ2n) is 8.25. The van der Waals surface area contributed by atoms with Gasteiger partial charge in [0.15, 0.2) is 5.76 Å². The monoisotopic (exact) mass is 486 g/mol. The van der Waals surface area contributed by atoms with Gasteiger partial charge in [0.2, 0.25) is 16.7 Å². The zero-order chi connectivity index (χ0) is 20.8. The number of aromatic nitrogens is 3. The average molecular weight is 487 g/mol. The lowest BCUT2D eigenvalue weighted by molar-refractivity contribution is 0.112. The standard InChI is InChI=1S/C22H23BrN4O2S/c1-13-9-14(2)12-26(11-13)18(15-5-3-6-16(23)10-15)19-21(28)27-22(30-19)24-20(25-27)17-7-4-8-29-17/h3-8,10,13-14,18,28H,9,11-12H2,1-2H3/t13-,14-,18-/m1/s1. The number of likely N-dealkylation sites (tertiary alicyclic amines) is 1. The van der Waals surface area contributed by atoms with Gasteiger partial charge in [0, 0.05) is 17.6 Å². The minimum Gasteiger partial charge on any atom is -0.492 e. The topological polar surface area (TPSA) is 66.8 Å². The molecule has 4 aromatic rings. The number of hydrogen-bond donors (Lipinski definition) is 1. The van der Waals surface area contributed by atoms with Crippen LogP contribution in [0.2, 0.25) is 0 Å². The van der Waals surface area contributed by atoms with Crippen molar-refractivity contribution in [2.75, 3.05) is 13.1 Å². The van der Waals surface area contributed by atoms with Gasteiger partial charge >= 0.3 is 0 Å². The highest BCUT2D eigenvalue weighted by molar-refractivity contribution is 9.10. The van der Waals surface area contributed by atoms with Gasteiger partial charge in [-0.25, -0.2) is 0 Å². The Labute approximate surface area is 187 Å². The van der Waals surface area contributed by atoms with Crippen LogP contribution in [0.4, 0.5) is 0 Å². The molecule has 8 heteroatoms. The van der Waals surface area contributed by atoms with Crippen LogP contribution in [-0.2, 0) is 0 Å². The first kappa shape index (κ1) is 19.8. The zero-order valence-electron chi connectivity index (χ0n) is 16.8. The van der Waals surface area contributed by atoms with Crippen LogP contribution in [0.1, 0.15) is 36.8 Å². The highest BCUT2D eigenvalue weighted by Crippen LogP contribution is 2.42. The number of benzene rings is 1. The van der Waals surface area contributed by atoms with E-state index in [0.717, 1.165) is 28.0 Å². The third kappa shape index (κ3) is 3.57. The van der Waals surface area contributed by atoms with Crippen LogP contribution in [-0.4, -0.2) is 37.7 Å². The number of furan rings is 1. The maximum absolute atomic E-state index is 11.2. The van der Waals surface area contributed by atoms with Crippen LogP contribution in [0.3, 0.4) is 0 Å². The number of rotatable bonds is 4. The van der Waals surface area contributed by atoms with Gasteiger partial charge in [-0.1, -0.05) is 53.2 Å². The molecule has 4 heterocycles. The largest absolute Gasteiger partial charge is 0.492 e. The van der Waals surface area contributed by atoms with Crippen molar-refractivity contribution < 1.29 is 9.52 Å². The van der Waals surface area contributed by atoms with E-state index in [1.54, 1.807) is 12.3 Å². The second-order valence-corrected chi connectivity index (χ2v) is 10.2. The van der Waals surface area contributed by atoms with Crippen molar-refractivity contribution in [1.29, 1.82) is 0 Å². The lowest BCUT2D eigenvalue weighted by Gasteiger charge is -2.40. The van der Waals surface area contributed by atoms with E-state index in [2.05, 4.69) is 56.9 Å². The van der Waals surface area contributed by atoms with Crippen molar-refractivity contribution in [2.45, 2.75) is 26.3 Å². The Balaban J connectivity index is 1.61. The Morgan fingerprint density at radius 1 is 1.20 bits per heavy atom. The summed E-state index contributed by atoms with van der Waals surface area (Å²) < 4.78 is 7.97. The Morgan fingerprint density at radius 2 is 2.00 bits per heavy atom. The molecular formula is C22H23BrN4O2S. The fraction of sp³-hybridized carbons (Fsp3) is 0.364. The van der Waals surface area contributed by atoms with Gasteiger partial charge in [0.25, 0.3) is 0 Å². The molecule has 1 fully saturated rings. The summed E-state index contributed by atoms with van der Waals surface area (Å²) in [7, 11) is 0. The molecule has 0 unspecified atom stereocenters. The van der Waals surface area contributed by atoms with Crippen molar-refractivity contribution in [3.05, 3.63) is 57.6 Å². The maximum atomic E-state index is 11.2. The highest BCUT2D eigenvalue weighted by atomic mass is 79.9. The fourth-order valence-corrected chi connectivity index (χ4v) is 6.10. The van der Waals surface area contributed by atoms with Crippen molar-refractivity contribution in [1.82, 2.24) is 19.5 Å². The van der Waals surface area contributed by atoms with Gasteiger partial charge in [0.1, 0.15) is 0 Å². The maximum Gasteiger partial charge on any atom is 0.230 e. The zero-order valence-corrected chi connectivity index (χ0v) is 19.2. The lowest BCUT2D eigenvalue weighted by Crippen LogP contribution is -2.41. The number of aromatic hydroxyl groups is 1. The van der Waals surface area contributed by atoms with Crippen LogP contribution in [0, 0.1) is 11.8 Å². The van der Waals surface area contributed by atoms with Gasteiger partial charge in [-0.15, -0.1) is 5.10 Å². The van der Waals surface area contributed by atoms with E-state index < -0.39 is 0 Å². The first-order chi connectivity index (χ1) is 14.5. The quantitative estimate of drug-likeness (QED) is 0.407. The van der Waals surface area contributed by atoms with Crippen molar-refractivity contribution in [2.24, 2.45) is 11.8 Å². The van der Waals surface area contributed by atoms with Gasteiger partial charge < -0.3 is 9.52 Å². The van der Waals surface area contributed by atoms with Gasteiger partial charge in [-0.05, 0) is 48.1 Å². The lowest BCUT2D eigenvalue weighted by atomic mass is 9.89. The summed E-state index contributed by atoms with van der Waals surface area (Å²) in [4.78, 5) is 8.61. The molecule has 1 aromatic carbocycles. The van der Waals surface area contributed by atoms with Gasteiger partial charge in [-0.2, -0.15) is 9.50 Å². The molecule has 6 nitrogen and oxygen atoms in total. The van der Waals surface area contributed by atoms with Crippen molar-refractivity contribution in [3.63, 3.8) is 0 Å². The summed E-state index contributed by atoms with van der Waals surface area (Å²) in [6.45, 7) is 6.59. The predicted molar refractivity (Wildman–Crippen MR) is 121 cm³/mol. The molecule has 0 aliphatic carbocycles. The highest BCUT2D eigenvalue weighted by Gasteiger charge is 2.34. The van der Waals surface area contributed by atoms with E-state index in [-0.39, 0.29) is 11.9 Å². The predicted octanol–water partition coefficient (Wildman–Crippen LogP) is 5.59. The van der Waals surface area contributed by atoms with E-state index in [1.165, 1.54) is 22.3 Å². The molecule has 0 saturated carbocycles. The molecule has 156 valence electrons. The minimum absolute atomic E-state index is 0.0479. The van der Waals surface area contributed by atoms with Crippen LogP contribution >= 0.6 is 27.3 Å². The summed E-state index contributed by atoms with van der Waals surface area (Å²) in [6, 6.07) is 11.9. The molecule has 0 bridgehead atoms. The summed E-state index contributed by atoms with van der Waals surface area (Å²) in [5.41, 5.74) is 1.15. The van der Waals surface area contributed by atoms with E-state index in [4.69, 9.17) is 4.42 Å². The molecule has 0 spiro atoms. The molecule has 3 aromatic heterocycles. The minimum atomic E-state index is -0.0479. The van der Waals surface area contributed by atoms with Crippen molar-refractivity contribution >= 4 is 32.2 Å². The van der Waals surface area contributed by atoms with E-state index in [9.17, 15) is 5.11 Å². The molecule has 1 aliphatic rings. The summed E-state index contributed by atoms with van der Waals surface area (Å²) >= 11 is 5.10. The summed E-state index contributed by atoms with van der Waals surface area (Å²) in [5.74, 6) is 2.44. The number of piperidine rings is 1. The molecule has 1 saturated heterocycles. The second kappa shape index (κ2) is 7.83. The number of nitrogens with zero attached hydrogens (tertiary/aromatic N) is 4. The van der Waals surface area contributed by atoms with Gasteiger partial charge in [-0.3, -0.25) is 4.90 Å². The fourth-order valence-electron chi connectivity index (χ4n) is 4.57. The first-order valence-electron chi connectivity index (χ1n) is 10.1. The molecule has 5 rings (SSSR count). The van der Waals surface area contributed by atoms with E-state index in [0.29, 0.717) is 28.4 Å². The Kier molecular flexibility index (Phi) is 5.16. The third-order valence-corrected chi connectivity index (χ3v) is 7.18. The smallest absolute Gasteiger partial charge is 0.230 e. The molecule has 3 atom stereocenters. The van der Waals surface area contributed by atoms with Gasteiger partial charge in [0.05, 0.1) is 17.2 Å². The van der Waals surface area contributed by atoms with Crippen LogP contribution in [0.15, 0.2) is 51.6 Å². The number of halogens is 1. The molecule has 0 radical (unpaired) electrons. The van der Waals surface area contributed by atoms with Crippen molar-refractivity contribution in [3.8, 4) is 17.5 Å². The van der Waals surface area contributed by atoms with Crippen LogP contribution < -0.4 is 0 Å². The number of hydrogen-bond acceptors (Lipinski definition) is 6. The third-order valence-electron chi connectivity index (χ3n) is 5.62. The van der Waals surface area contributed by atoms with Crippen LogP contribution in [0.5, 0.6) is 5.88 Å². The number of thiazole rings is 1. The summed E-state index contributed by atoms with van der Waals surface area (Å²) in [6.07, 6.45) is 2.83. The molecule has 1 N–H and O–H groups in total.